The number of carbonyl (C=O) groups is 1. The lowest BCUT2D eigenvalue weighted by molar-refractivity contribution is 0.0600. The SMILES string of the molecule is COC(=O)c1cccc(OCCOc2ccc(CNNc3ccccc3)cc2)c1. The summed E-state index contributed by atoms with van der Waals surface area (Å²) >= 11 is 0. The zero-order chi connectivity index (χ0) is 20.3. The van der Waals surface area contributed by atoms with Crippen molar-refractivity contribution in [3.05, 3.63) is 90.0 Å². The van der Waals surface area contributed by atoms with Gasteiger partial charge in [-0.05, 0) is 48.0 Å². The molecule has 0 radical (unpaired) electrons. The summed E-state index contributed by atoms with van der Waals surface area (Å²) in [5.74, 6) is 0.987. The molecular weight excluding hydrogens is 368 g/mol. The number of para-hydroxylation sites is 1. The Kier molecular flexibility index (Phi) is 7.48. The van der Waals surface area contributed by atoms with Gasteiger partial charge in [0.25, 0.3) is 0 Å². The average Bonchev–Trinajstić information content (AvgIpc) is 2.78. The van der Waals surface area contributed by atoms with Crippen LogP contribution < -0.4 is 20.3 Å². The number of rotatable bonds is 10. The van der Waals surface area contributed by atoms with E-state index in [1.165, 1.54) is 7.11 Å². The number of ether oxygens (including phenoxy) is 3. The summed E-state index contributed by atoms with van der Waals surface area (Å²) in [5, 5.41) is 0. The zero-order valence-corrected chi connectivity index (χ0v) is 16.3. The first-order valence-corrected chi connectivity index (χ1v) is 9.31. The molecule has 0 aromatic heterocycles. The van der Waals surface area contributed by atoms with Crippen molar-refractivity contribution in [1.29, 1.82) is 0 Å². The molecule has 0 bridgehead atoms. The first kappa shape index (κ1) is 20.2. The zero-order valence-electron chi connectivity index (χ0n) is 16.3. The van der Waals surface area contributed by atoms with Crippen LogP contribution in [0, 0.1) is 0 Å². The molecule has 0 spiro atoms. The van der Waals surface area contributed by atoms with Crippen LogP contribution >= 0.6 is 0 Å². The minimum absolute atomic E-state index is 0.370. The van der Waals surface area contributed by atoms with Crippen LogP contribution in [0.2, 0.25) is 0 Å². The highest BCUT2D eigenvalue weighted by molar-refractivity contribution is 5.89. The molecule has 0 aliphatic rings. The highest BCUT2D eigenvalue weighted by Crippen LogP contribution is 2.15. The van der Waals surface area contributed by atoms with Crippen molar-refractivity contribution in [2.75, 3.05) is 25.7 Å². The first-order chi connectivity index (χ1) is 14.2. The lowest BCUT2D eigenvalue weighted by Gasteiger charge is -2.11. The van der Waals surface area contributed by atoms with Gasteiger partial charge in [0.2, 0.25) is 0 Å². The number of hydrogen-bond donors (Lipinski definition) is 2. The smallest absolute Gasteiger partial charge is 0.337 e. The fourth-order valence-electron chi connectivity index (χ4n) is 2.62. The maximum atomic E-state index is 11.5. The van der Waals surface area contributed by atoms with Gasteiger partial charge in [-0.1, -0.05) is 36.4 Å². The highest BCUT2D eigenvalue weighted by Gasteiger charge is 2.06. The van der Waals surface area contributed by atoms with Crippen molar-refractivity contribution in [1.82, 2.24) is 5.43 Å². The van der Waals surface area contributed by atoms with Crippen LogP contribution in [0.3, 0.4) is 0 Å². The summed E-state index contributed by atoms with van der Waals surface area (Å²) in [7, 11) is 1.35. The third-order valence-corrected chi connectivity index (χ3v) is 4.10. The molecule has 0 fully saturated rings. The van der Waals surface area contributed by atoms with E-state index >= 15 is 0 Å². The Balaban J connectivity index is 1.37. The van der Waals surface area contributed by atoms with Gasteiger partial charge in [0.15, 0.2) is 0 Å². The third-order valence-electron chi connectivity index (χ3n) is 4.10. The number of benzene rings is 3. The molecular formula is C23H24N2O4. The molecule has 0 amide bonds. The molecule has 3 aromatic rings. The molecule has 0 unspecified atom stereocenters. The second-order valence-electron chi connectivity index (χ2n) is 6.20. The summed E-state index contributed by atoms with van der Waals surface area (Å²) in [5.41, 5.74) is 8.94. The van der Waals surface area contributed by atoms with Crippen LogP contribution in [-0.2, 0) is 11.3 Å². The summed E-state index contributed by atoms with van der Waals surface area (Å²) < 4.78 is 16.0. The van der Waals surface area contributed by atoms with Gasteiger partial charge in [0, 0.05) is 12.2 Å². The van der Waals surface area contributed by atoms with Gasteiger partial charge in [-0.25, -0.2) is 10.2 Å². The molecule has 0 saturated carbocycles. The molecule has 29 heavy (non-hydrogen) atoms. The van der Waals surface area contributed by atoms with Gasteiger partial charge in [-0.2, -0.15) is 0 Å². The van der Waals surface area contributed by atoms with E-state index in [2.05, 4.69) is 10.9 Å². The molecule has 3 aromatic carbocycles. The average molecular weight is 392 g/mol. The Hall–Kier alpha value is -3.51. The van der Waals surface area contributed by atoms with E-state index in [0.29, 0.717) is 31.1 Å². The molecule has 2 N–H and O–H groups in total. The van der Waals surface area contributed by atoms with Crippen molar-refractivity contribution in [2.24, 2.45) is 0 Å². The highest BCUT2D eigenvalue weighted by atomic mass is 16.5. The largest absolute Gasteiger partial charge is 0.490 e. The van der Waals surface area contributed by atoms with Crippen molar-refractivity contribution < 1.29 is 19.0 Å². The molecule has 0 heterocycles. The summed E-state index contributed by atoms with van der Waals surface area (Å²) in [4.78, 5) is 11.5. The van der Waals surface area contributed by atoms with Crippen LogP contribution in [0.5, 0.6) is 11.5 Å². The molecule has 0 aliphatic carbocycles. The number of anilines is 1. The van der Waals surface area contributed by atoms with Crippen molar-refractivity contribution in [3.8, 4) is 11.5 Å². The first-order valence-electron chi connectivity index (χ1n) is 9.31. The summed E-state index contributed by atoms with van der Waals surface area (Å²) in [6, 6.07) is 24.7. The standard InChI is InChI=1S/C23H24N2O4/c1-27-23(26)19-6-5-9-22(16-19)29-15-14-28-21-12-10-18(11-13-21)17-24-25-20-7-3-2-4-8-20/h2-13,16,24-25H,14-15,17H2,1H3. The van der Waals surface area contributed by atoms with Gasteiger partial charge >= 0.3 is 5.97 Å². The molecule has 6 heteroatoms. The lowest BCUT2D eigenvalue weighted by Crippen LogP contribution is -2.20. The van der Waals surface area contributed by atoms with Gasteiger partial charge in [-0.15, -0.1) is 0 Å². The Labute approximate surface area is 170 Å². The number of esters is 1. The van der Waals surface area contributed by atoms with Crippen molar-refractivity contribution in [2.45, 2.75) is 6.54 Å². The molecule has 0 saturated heterocycles. The molecule has 150 valence electrons. The van der Waals surface area contributed by atoms with E-state index in [-0.39, 0.29) is 5.97 Å². The van der Waals surface area contributed by atoms with Crippen LogP contribution in [0.15, 0.2) is 78.9 Å². The second-order valence-corrected chi connectivity index (χ2v) is 6.20. The number of hydrogen-bond acceptors (Lipinski definition) is 6. The molecule has 3 rings (SSSR count). The lowest BCUT2D eigenvalue weighted by atomic mass is 10.2. The van der Waals surface area contributed by atoms with E-state index in [9.17, 15) is 4.79 Å². The number of hydrazine groups is 1. The maximum Gasteiger partial charge on any atom is 0.337 e. The summed E-state index contributed by atoms with van der Waals surface area (Å²) in [6.45, 7) is 1.46. The maximum absolute atomic E-state index is 11.5. The number of carbonyl (C=O) groups excluding carboxylic acids is 1. The normalized spacial score (nSPS) is 10.2. The predicted octanol–water partition coefficient (Wildman–Crippen LogP) is 4.05. The number of methoxy groups -OCH3 is 1. The monoisotopic (exact) mass is 392 g/mol. The van der Waals surface area contributed by atoms with Gasteiger partial charge in [0.05, 0.1) is 12.7 Å². The Bertz CT molecular complexity index is 898. The molecule has 0 atom stereocenters. The Morgan fingerprint density at radius 2 is 1.55 bits per heavy atom. The summed E-state index contributed by atoms with van der Waals surface area (Å²) in [6.07, 6.45) is 0. The van der Waals surface area contributed by atoms with Crippen LogP contribution in [0.1, 0.15) is 15.9 Å². The second kappa shape index (κ2) is 10.7. The molecule has 6 nitrogen and oxygen atoms in total. The minimum atomic E-state index is -0.389. The predicted molar refractivity (Wildman–Crippen MR) is 112 cm³/mol. The van der Waals surface area contributed by atoms with Crippen molar-refractivity contribution >= 4 is 11.7 Å². The Morgan fingerprint density at radius 3 is 2.28 bits per heavy atom. The Morgan fingerprint density at radius 1 is 0.828 bits per heavy atom. The fourth-order valence-corrected chi connectivity index (χ4v) is 2.62. The third kappa shape index (κ3) is 6.55. The minimum Gasteiger partial charge on any atom is -0.490 e. The van der Waals surface area contributed by atoms with Gasteiger partial charge < -0.3 is 19.6 Å². The van der Waals surface area contributed by atoms with Crippen molar-refractivity contribution in [3.63, 3.8) is 0 Å². The van der Waals surface area contributed by atoms with E-state index in [0.717, 1.165) is 17.0 Å². The number of nitrogens with one attached hydrogen (secondary N) is 2. The van der Waals surface area contributed by atoms with Gasteiger partial charge in [-0.3, -0.25) is 0 Å². The van der Waals surface area contributed by atoms with E-state index in [4.69, 9.17) is 14.2 Å². The molecule has 0 aliphatic heterocycles. The topological polar surface area (TPSA) is 68.8 Å². The quantitative estimate of drug-likeness (QED) is 0.308. The van der Waals surface area contributed by atoms with Crippen LogP contribution in [0.25, 0.3) is 0 Å². The van der Waals surface area contributed by atoms with E-state index in [1.807, 2.05) is 54.6 Å². The van der Waals surface area contributed by atoms with Gasteiger partial charge in [0.1, 0.15) is 24.7 Å². The van der Waals surface area contributed by atoms with E-state index in [1.54, 1.807) is 24.3 Å². The van der Waals surface area contributed by atoms with Crippen LogP contribution in [-0.4, -0.2) is 26.3 Å². The fraction of sp³-hybridized carbons (Fsp3) is 0.174. The van der Waals surface area contributed by atoms with Crippen LogP contribution in [0.4, 0.5) is 5.69 Å². The van der Waals surface area contributed by atoms with E-state index < -0.39 is 0 Å².